The Morgan fingerprint density at radius 3 is 2.38 bits per heavy atom. The van der Waals surface area contributed by atoms with Gasteiger partial charge < -0.3 is 15.0 Å². The van der Waals surface area contributed by atoms with E-state index < -0.39 is 24.2 Å². The Morgan fingerprint density at radius 1 is 1.19 bits per heavy atom. The molecule has 1 fully saturated rings. The van der Waals surface area contributed by atoms with Gasteiger partial charge in [-0.3, -0.25) is 4.79 Å². The van der Waals surface area contributed by atoms with Gasteiger partial charge in [-0.05, 0) is 50.8 Å². The molecule has 0 aliphatic carbocycles. The van der Waals surface area contributed by atoms with E-state index in [4.69, 9.17) is 16.3 Å². The number of alkyl halides is 3. The van der Waals surface area contributed by atoms with Crippen LogP contribution < -0.4 is 10.1 Å². The summed E-state index contributed by atoms with van der Waals surface area (Å²) >= 11 is 6.49. The van der Waals surface area contributed by atoms with E-state index >= 15 is 0 Å². The molecule has 10 heteroatoms. The third kappa shape index (κ3) is 4.02. The van der Waals surface area contributed by atoms with Crippen molar-refractivity contribution in [3.8, 4) is 5.75 Å². The molecule has 2 aliphatic heterocycles. The first-order valence-electron chi connectivity index (χ1n) is 10.7. The largest absolute Gasteiger partial charge is 0.497 e. The SMILES string of the molecule is COc1ccc([C@@H]2C[C@@H](C(F)(F)F)n3nc(C(=O)N4[C@H](C)CCC[C@@H]4C)c(Cl)c3N2)cc1. The molecule has 1 saturated heterocycles. The summed E-state index contributed by atoms with van der Waals surface area (Å²) in [5.41, 5.74) is 0.522. The van der Waals surface area contributed by atoms with E-state index in [0.717, 1.165) is 23.9 Å². The average molecular weight is 471 g/mol. The highest BCUT2D eigenvalue weighted by Gasteiger charge is 2.48. The minimum atomic E-state index is -4.55. The molecule has 0 spiro atoms. The first-order valence-corrected chi connectivity index (χ1v) is 11.1. The number of nitrogens with zero attached hydrogens (tertiary/aromatic N) is 3. The third-order valence-electron chi connectivity index (χ3n) is 6.44. The van der Waals surface area contributed by atoms with Crippen LogP contribution >= 0.6 is 11.6 Å². The van der Waals surface area contributed by atoms with E-state index in [1.165, 1.54) is 7.11 Å². The minimum absolute atomic E-state index is 0.0155. The number of likely N-dealkylation sites (tertiary alicyclic amines) is 1. The van der Waals surface area contributed by atoms with Crippen LogP contribution in [-0.2, 0) is 0 Å². The number of fused-ring (bicyclic) bond motifs is 1. The minimum Gasteiger partial charge on any atom is -0.497 e. The quantitative estimate of drug-likeness (QED) is 0.633. The van der Waals surface area contributed by atoms with Crippen LogP contribution in [0.4, 0.5) is 19.0 Å². The van der Waals surface area contributed by atoms with Gasteiger partial charge in [0, 0.05) is 18.5 Å². The zero-order valence-corrected chi connectivity index (χ0v) is 18.9. The number of benzene rings is 1. The van der Waals surface area contributed by atoms with E-state index in [9.17, 15) is 18.0 Å². The van der Waals surface area contributed by atoms with Crippen molar-refractivity contribution < 1.29 is 22.7 Å². The number of rotatable bonds is 3. The molecule has 6 nitrogen and oxygen atoms in total. The number of ether oxygens (including phenoxy) is 1. The lowest BCUT2D eigenvalue weighted by atomic mass is 9.96. The molecule has 2 aromatic rings. The number of aromatic nitrogens is 2. The second-order valence-electron chi connectivity index (χ2n) is 8.56. The van der Waals surface area contributed by atoms with Gasteiger partial charge in [0.2, 0.25) is 0 Å². The van der Waals surface area contributed by atoms with E-state index in [1.807, 2.05) is 13.8 Å². The second-order valence-corrected chi connectivity index (χ2v) is 8.94. The van der Waals surface area contributed by atoms with Crippen LogP contribution in [0.2, 0.25) is 5.02 Å². The first-order chi connectivity index (χ1) is 15.1. The summed E-state index contributed by atoms with van der Waals surface area (Å²) in [6.07, 6.45) is -2.15. The number of hydrogen-bond acceptors (Lipinski definition) is 4. The maximum absolute atomic E-state index is 14.0. The number of nitrogens with one attached hydrogen (secondary N) is 1. The maximum Gasteiger partial charge on any atom is 0.410 e. The normalized spacial score (nSPS) is 25.8. The van der Waals surface area contributed by atoms with Crippen LogP contribution in [0.15, 0.2) is 24.3 Å². The van der Waals surface area contributed by atoms with E-state index in [2.05, 4.69) is 10.4 Å². The number of carbonyl (C=O) groups excluding carboxylic acids is 1. The van der Waals surface area contributed by atoms with Crippen LogP contribution in [0.5, 0.6) is 5.75 Å². The van der Waals surface area contributed by atoms with E-state index in [-0.39, 0.29) is 35.0 Å². The highest BCUT2D eigenvalue weighted by Crippen LogP contribution is 2.46. The monoisotopic (exact) mass is 470 g/mol. The van der Waals surface area contributed by atoms with Gasteiger partial charge in [0.25, 0.3) is 5.91 Å². The Balaban J connectivity index is 1.72. The van der Waals surface area contributed by atoms with Crippen LogP contribution in [0.1, 0.15) is 67.7 Å². The molecule has 1 N–H and O–H groups in total. The van der Waals surface area contributed by atoms with Gasteiger partial charge in [0.05, 0.1) is 13.2 Å². The molecular weight excluding hydrogens is 445 g/mol. The number of piperidine rings is 1. The zero-order valence-electron chi connectivity index (χ0n) is 18.1. The molecule has 1 aromatic carbocycles. The Morgan fingerprint density at radius 2 is 1.81 bits per heavy atom. The summed E-state index contributed by atoms with van der Waals surface area (Å²) in [6.45, 7) is 3.88. The highest BCUT2D eigenvalue weighted by atomic mass is 35.5. The number of amides is 1. The van der Waals surface area contributed by atoms with Gasteiger partial charge in [-0.25, -0.2) is 4.68 Å². The number of hydrogen-bond donors (Lipinski definition) is 1. The molecule has 0 unspecified atom stereocenters. The van der Waals surface area contributed by atoms with Crippen molar-refractivity contribution in [1.29, 1.82) is 0 Å². The number of carbonyl (C=O) groups is 1. The smallest absolute Gasteiger partial charge is 0.410 e. The van der Waals surface area contributed by atoms with E-state index in [0.29, 0.717) is 11.3 Å². The van der Waals surface area contributed by atoms with Gasteiger partial charge in [0.1, 0.15) is 16.6 Å². The molecular formula is C22H26ClF3N4O2. The molecule has 4 rings (SSSR count). The van der Waals surface area contributed by atoms with Crippen molar-refractivity contribution >= 4 is 23.3 Å². The topological polar surface area (TPSA) is 59.4 Å². The van der Waals surface area contributed by atoms with Crippen molar-refractivity contribution in [3.05, 3.63) is 40.5 Å². The van der Waals surface area contributed by atoms with Crippen LogP contribution in [-0.4, -0.2) is 46.0 Å². The van der Waals surface area contributed by atoms with Crippen LogP contribution in [0.25, 0.3) is 0 Å². The summed E-state index contributed by atoms with van der Waals surface area (Å²) in [6, 6.07) is 4.22. The lowest BCUT2D eigenvalue weighted by molar-refractivity contribution is -0.173. The molecule has 0 bridgehead atoms. The van der Waals surface area contributed by atoms with Gasteiger partial charge in [-0.15, -0.1) is 0 Å². The summed E-state index contributed by atoms with van der Waals surface area (Å²) < 4.78 is 48.0. The predicted molar refractivity (Wildman–Crippen MR) is 115 cm³/mol. The van der Waals surface area contributed by atoms with Gasteiger partial charge in [0.15, 0.2) is 11.7 Å². The summed E-state index contributed by atoms with van der Waals surface area (Å²) in [5.74, 6) is 0.194. The fourth-order valence-electron chi connectivity index (χ4n) is 4.72. The zero-order chi connectivity index (χ0) is 23.2. The standard InChI is InChI=1S/C22H26ClF3N4O2/c1-12-5-4-6-13(2)29(12)21(31)19-18(23)20-27-16(14-7-9-15(32-3)10-8-14)11-17(22(24,25)26)30(20)28-19/h7-10,12-13,16-17,27H,4-6,11H2,1-3H3/t12-,13+,16-,17-/m0/s1. The highest BCUT2D eigenvalue weighted by molar-refractivity contribution is 6.36. The van der Waals surface area contributed by atoms with Crippen molar-refractivity contribution in [3.63, 3.8) is 0 Å². The Labute approximate surface area is 189 Å². The Kier molecular flexibility index (Phi) is 6.04. The van der Waals surface area contributed by atoms with Crippen LogP contribution in [0.3, 0.4) is 0 Å². The van der Waals surface area contributed by atoms with Gasteiger partial charge >= 0.3 is 6.18 Å². The first kappa shape index (κ1) is 22.8. The van der Waals surface area contributed by atoms with Crippen molar-refractivity contribution in [2.45, 2.75) is 69.9 Å². The molecule has 174 valence electrons. The molecule has 0 radical (unpaired) electrons. The summed E-state index contributed by atoms with van der Waals surface area (Å²) in [7, 11) is 1.52. The molecule has 2 aliphatic rings. The second kappa shape index (κ2) is 8.50. The molecule has 32 heavy (non-hydrogen) atoms. The van der Waals surface area contributed by atoms with Crippen molar-refractivity contribution in [1.82, 2.24) is 14.7 Å². The lowest BCUT2D eigenvalue weighted by Gasteiger charge is -2.38. The molecule has 1 aromatic heterocycles. The third-order valence-corrected chi connectivity index (χ3v) is 6.80. The van der Waals surface area contributed by atoms with Gasteiger partial charge in [-0.1, -0.05) is 23.7 Å². The molecule has 3 heterocycles. The maximum atomic E-state index is 14.0. The van der Waals surface area contributed by atoms with Crippen molar-refractivity contribution in [2.24, 2.45) is 0 Å². The number of anilines is 1. The summed E-state index contributed by atoms with van der Waals surface area (Å²) in [4.78, 5) is 15.0. The molecule has 4 atom stereocenters. The lowest BCUT2D eigenvalue weighted by Crippen LogP contribution is -2.47. The predicted octanol–water partition coefficient (Wildman–Crippen LogP) is 5.61. The number of halogens is 4. The van der Waals surface area contributed by atoms with Crippen molar-refractivity contribution in [2.75, 3.05) is 12.4 Å². The van der Waals surface area contributed by atoms with E-state index in [1.54, 1.807) is 29.2 Å². The van der Waals surface area contributed by atoms with Gasteiger partial charge in [-0.2, -0.15) is 18.3 Å². The number of methoxy groups -OCH3 is 1. The van der Waals surface area contributed by atoms with Crippen LogP contribution in [0, 0.1) is 0 Å². The fraction of sp³-hybridized carbons (Fsp3) is 0.545. The molecule has 1 amide bonds. The Bertz CT molecular complexity index is 982. The summed E-state index contributed by atoms with van der Waals surface area (Å²) in [5, 5.41) is 7.09. The Hall–Kier alpha value is -2.42. The molecule has 0 saturated carbocycles. The average Bonchev–Trinajstić information content (AvgIpc) is 3.08. The fourth-order valence-corrected chi connectivity index (χ4v) is 4.98.